The van der Waals surface area contributed by atoms with Gasteiger partial charge in [-0.2, -0.15) is 0 Å². The first-order valence-electron chi connectivity index (χ1n) is 5.26. The van der Waals surface area contributed by atoms with Crippen LogP contribution in [0.15, 0.2) is 36.7 Å². The first-order chi connectivity index (χ1) is 8.70. The van der Waals surface area contributed by atoms with Gasteiger partial charge in [0.05, 0.1) is 10.9 Å². The molecule has 0 saturated heterocycles. The molecule has 1 heterocycles. The normalized spacial score (nSPS) is 10.4. The van der Waals surface area contributed by atoms with Crippen molar-refractivity contribution in [1.82, 2.24) is 4.98 Å². The Labute approximate surface area is 120 Å². The third kappa shape index (κ3) is 3.29. The zero-order chi connectivity index (χ0) is 13.0. The number of aromatic nitrogens is 1. The van der Waals surface area contributed by atoms with Gasteiger partial charge in [-0.15, -0.1) is 11.6 Å². The number of benzene rings is 1. The molecule has 0 aliphatic carbocycles. The highest BCUT2D eigenvalue weighted by molar-refractivity contribution is 6.35. The smallest absolute Gasteiger partial charge is 0.142 e. The number of pyridine rings is 1. The second-order valence-corrected chi connectivity index (χ2v) is 4.76. The number of rotatable bonds is 4. The maximum Gasteiger partial charge on any atom is 0.142 e. The summed E-state index contributed by atoms with van der Waals surface area (Å²) in [5.41, 5.74) is 1.79. The largest absolute Gasteiger partial charge is 0.487 e. The van der Waals surface area contributed by atoms with Crippen molar-refractivity contribution in [3.63, 3.8) is 0 Å². The van der Waals surface area contributed by atoms with Crippen molar-refractivity contribution in [2.24, 2.45) is 0 Å². The Kier molecular flexibility index (Phi) is 4.70. The molecular formula is C13H10Cl3NO. The van der Waals surface area contributed by atoms with Crippen LogP contribution in [0.2, 0.25) is 10.0 Å². The average molecular weight is 303 g/mol. The molecule has 0 radical (unpaired) electrons. The first-order valence-corrected chi connectivity index (χ1v) is 6.55. The Morgan fingerprint density at radius 3 is 2.50 bits per heavy atom. The van der Waals surface area contributed by atoms with Crippen LogP contribution in [-0.2, 0) is 12.5 Å². The van der Waals surface area contributed by atoms with Gasteiger partial charge in [0.25, 0.3) is 0 Å². The van der Waals surface area contributed by atoms with Gasteiger partial charge in [-0.25, -0.2) is 0 Å². The van der Waals surface area contributed by atoms with Crippen molar-refractivity contribution in [2.75, 3.05) is 0 Å². The van der Waals surface area contributed by atoms with E-state index in [9.17, 15) is 0 Å². The van der Waals surface area contributed by atoms with E-state index in [1.807, 2.05) is 12.1 Å². The van der Waals surface area contributed by atoms with Crippen molar-refractivity contribution in [1.29, 1.82) is 0 Å². The summed E-state index contributed by atoms with van der Waals surface area (Å²) in [4.78, 5) is 3.94. The summed E-state index contributed by atoms with van der Waals surface area (Å²) >= 11 is 17.9. The SMILES string of the molecule is ClCc1cc(Cl)cc(Cl)c1OCc1ccncc1. The third-order valence-corrected chi connectivity index (χ3v) is 3.15. The van der Waals surface area contributed by atoms with Gasteiger partial charge in [0.2, 0.25) is 0 Å². The Hall–Kier alpha value is -0.960. The van der Waals surface area contributed by atoms with Crippen molar-refractivity contribution in [3.05, 3.63) is 57.8 Å². The van der Waals surface area contributed by atoms with E-state index >= 15 is 0 Å². The molecule has 1 aromatic carbocycles. The summed E-state index contributed by atoms with van der Waals surface area (Å²) in [5, 5.41) is 1.01. The molecule has 0 unspecified atom stereocenters. The monoisotopic (exact) mass is 301 g/mol. The van der Waals surface area contributed by atoms with E-state index in [1.54, 1.807) is 24.5 Å². The van der Waals surface area contributed by atoms with Gasteiger partial charge in [-0.1, -0.05) is 23.2 Å². The van der Waals surface area contributed by atoms with E-state index in [2.05, 4.69) is 4.98 Å². The standard InChI is InChI=1S/C13H10Cl3NO/c14-7-10-5-11(15)6-12(16)13(10)18-8-9-1-3-17-4-2-9/h1-6H,7-8H2. The number of hydrogen-bond acceptors (Lipinski definition) is 2. The van der Waals surface area contributed by atoms with Gasteiger partial charge in [-0.05, 0) is 29.8 Å². The van der Waals surface area contributed by atoms with Crippen molar-refractivity contribution >= 4 is 34.8 Å². The van der Waals surface area contributed by atoms with Crippen LogP contribution in [-0.4, -0.2) is 4.98 Å². The van der Waals surface area contributed by atoms with Crippen molar-refractivity contribution in [3.8, 4) is 5.75 Å². The maximum atomic E-state index is 6.10. The molecule has 0 bridgehead atoms. The fraction of sp³-hybridized carbons (Fsp3) is 0.154. The molecule has 0 spiro atoms. The molecule has 0 fully saturated rings. The zero-order valence-corrected chi connectivity index (χ0v) is 11.6. The number of hydrogen-bond donors (Lipinski definition) is 0. The Morgan fingerprint density at radius 1 is 1.11 bits per heavy atom. The van der Waals surface area contributed by atoms with Crippen LogP contribution in [0.5, 0.6) is 5.75 Å². The van der Waals surface area contributed by atoms with Gasteiger partial charge in [0.1, 0.15) is 12.4 Å². The molecule has 5 heteroatoms. The topological polar surface area (TPSA) is 22.1 Å². The van der Waals surface area contributed by atoms with E-state index in [0.717, 1.165) is 11.1 Å². The molecule has 18 heavy (non-hydrogen) atoms. The molecule has 0 N–H and O–H groups in total. The second-order valence-electron chi connectivity index (χ2n) is 3.65. The minimum Gasteiger partial charge on any atom is -0.487 e. The van der Waals surface area contributed by atoms with Crippen molar-refractivity contribution in [2.45, 2.75) is 12.5 Å². The molecule has 94 valence electrons. The molecule has 1 aromatic heterocycles. The number of halogens is 3. The fourth-order valence-electron chi connectivity index (χ4n) is 1.51. The summed E-state index contributed by atoms with van der Waals surface area (Å²) < 4.78 is 5.70. The van der Waals surface area contributed by atoms with Crippen LogP contribution in [0.3, 0.4) is 0 Å². The fourth-order valence-corrected chi connectivity index (χ4v) is 2.30. The number of nitrogens with zero attached hydrogens (tertiary/aromatic N) is 1. The first kappa shape index (κ1) is 13.5. The van der Waals surface area contributed by atoms with E-state index in [1.165, 1.54) is 0 Å². The zero-order valence-electron chi connectivity index (χ0n) is 9.37. The van der Waals surface area contributed by atoms with E-state index in [-0.39, 0.29) is 0 Å². The molecular weight excluding hydrogens is 293 g/mol. The quantitative estimate of drug-likeness (QED) is 0.763. The van der Waals surface area contributed by atoms with Gasteiger partial charge >= 0.3 is 0 Å². The molecule has 2 aromatic rings. The summed E-state index contributed by atoms with van der Waals surface area (Å²) in [7, 11) is 0. The summed E-state index contributed by atoms with van der Waals surface area (Å²) in [5.74, 6) is 0.874. The molecule has 2 rings (SSSR count). The van der Waals surface area contributed by atoms with Crippen molar-refractivity contribution < 1.29 is 4.74 Å². The molecule has 0 saturated carbocycles. The second kappa shape index (κ2) is 6.28. The molecule has 0 amide bonds. The predicted molar refractivity (Wildman–Crippen MR) is 74.6 cm³/mol. The van der Waals surface area contributed by atoms with E-state index < -0.39 is 0 Å². The lowest BCUT2D eigenvalue weighted by Crippen LogP contribution is -1.99. The van der Waals surface area contributed by atoms with Crippen LogP contribution in [0.25, 0.3) is 0 Å². The summed E-state index contributed by atoms with van der Waals surface area (Å²) in [6.07, 6.45) is 3.43. The Balaban J connectivity index is 2.19. The lowest BCUT2D eigenvalue weighted by Gasteiger charge is -2.12. The van der Waals surface area contributed by atoms with Gasteiger partial charge in [-0.3, -0.25) is 4.98 Å². The molecule has 2 nitrogen and oxygen atoms in total. The molecule has 0 aliphatic rings. The van der Waals surface area contributed by atoms with Crippen LogP contribution in [0.1, 0.15) is 11.1 Å². The summed E-state index contributed by atoms with van der Waals surface area (Å²) in [6.45, 7) is 0.410. The van der Waals surface area contributed by atoms with Gasteiger partial charge < -0.3 is 4.74 Å². The minimum absolute atomic E-state index is 0.298. The van der Waals surface area contributed by atoms with Crippen LogP contribution < -0.4 is 4.74 Å². The predicted octanol–water partition coefficient (Wildman–Crippen LogP) is 4.71. The third-order valence-electron chi connectivity index (χ3n) is 2.36. The summed E-state index contributed by atoms with van der Waals surface area (Å²) in [6, 6.07) is 7.15. The molecule has 0 atom stereocenters. The average Bonchev–Trinajstić information content (AvgIpc) is 2.38. The van der Waals surface area contributed by atoms with Crippen LogP contribution in [0.4, 0.5) is 0 Å². The maximum absolute atomic E-state index is 6.10. The van der Waals surface area contributed by atoms with Gasteiger partial charge in [0, 0.05) is 23.0 Å². The van der Waals surface area contributed by atoms with Crippen LogP contribution >= 0.6 is 34.8 Å². The van der Waals surface area contributed by atoms with E-state index in [0.29, 0.717) is 28.3 Å². The lowest BCUT2D eigenvalue weighted by molar-refractivity contribution is 0.304. The lowest BCUT2D eigenvalue weighted by atomic mass is 10.2. The Morgan fingerprint density at radius 2 is 1.83 bits per heavy atom. The highest BCUT2D eigenvalue weighted by Gasteiger charge is 2.10. The minimum atomic E-state index is 0.298. The highest BCUT2D eigenvalue weighted by atomic mass is 35.5. The van der Waals surface area contributed by atoms with Crippen LogP contribution in [0, 0.1) is 0 Å². The number of alkyl halides is 1. The Bertz CT molecular complexity index is 531. The highest BCUT2D eigenvalue weighted by Crippen LogP contribution is 2.33. The number of ether oxygens (including phenoxy) is 1. The van der Waals surface area contributed by atoms with Gasteiger partial charge in [0.15, 0.2) is 0 Å². The van der Waals surface area contributed by atoms with E-state index in [4.69, 9.17) is 39.5 Å². The molecule has 0 aliphatic heterocycles.